The van der Waals surface area contributed by atoms with E-state index in [1.807, 2.05) is 32.2 Å². The largest absolute Gasteiger partial charge is 0.339 e. The fraction of sp³-hybridized carbons (Fsp3) is 0.364. The number of pyridine rings is 1. The van der Waals surface area contributed by atoms with Crippen molar-refractivity contribution >= 4 is 0 Å². The van der Waals surface area contributed by atoms with Gasteiger partial charge in [-0.3, -0.25) is 0 Å². The number of hydrogen-bond donors (Lipinski definition) is 1. The number of hydrogen-bond acceptors (Lipinski definition) is 5. The van der Waals surface area contributed by atoms with E-state index in [0.29, 0.717) is 11.7 Å². The van der Waals surface area contributed by atoms with Crippen LogP contribution in [0.3, 0.4) is 0 Å². The second kappa shape index (κ2) is 4.85. The summed E-state index contributed by atoms with van der Waals surface area (Å²) in [6, 6.07) is 5.74. The summed E-state index contributed by atoms with van der Waals surface area (Å²) >= 11 is 0. The summed E-state index contributed by atoms with van der Waals surface area (Å²) in [6.07, 6.45) is 0.731. The van der Waals surface area contributed by atoms with Crippen molar-refractivity contribution < 1.29 is 4.52 Å². The average molecular weight is 218 g/mol. The maximum absolute atomic E-state index is 5.12. The van der Waals surface area contributed by atoms with Crippen LogP contribution in [0.1, 0.15) is 11.6 Å². The van der Waals surface area contributed by atoms with Crippen LogP contribution in [0.4, 0.5) is 0 Å². The van der Waals surface area contributed by atoms with Crippen molar-refractivity contribution in [2.75, 3.05) is 13.6 Å². The summed E-state index contributed by atoms with van der Waals surface area (Å²) < 4.78 is 5.12. The molecule has 5 nitrogen and oxygen atoms in total. The minimum Gasteiger partial charge on any atom is -0.339 e. The molecule has 0 aromatic carbocycles. The second-order valence-corrected chi connectivity index (χ2v) is 3.53. The average Bonchev–Trinajstić information content (AvgIpc) is 2.75. The summed E-state index contributed by atoms with van der Waals surface area (Å²) in [7, 11) is 1.89. The van der Waals surface area contributed by atoms with Crippen LogP contribution in [-0.2, 0) is 6.42 Å². The van der Waals surface area contributed by atoms with Crippen LogP contribution in [0.5, 0.6) is 0 Å². The van der Waals surface area contributed by atoms with E-state index in [2.05, 4.69) is 20.4 Å². The molecule has 0 bridgehead atoms. The summed E-state index contributed by atoms with van der Waals surface area (Å²) in [6.45, 7) is 2.76. The molecule has 84 valence electrons. The quantitative estimate of drug-likeness (QED) is 0.835. The van der Waals surface area contributed by atoms with Crippen LogP contribution in [0.25, 0.3) is 11.5 Å². The van der Waals surface area contributed by atoms with E-state index in [-0.39, 0.29) is 0 Å². The zero-order valence-corrected chi connectivity index (χ0v) is 9.40. The van der Waals surface area contributed by atoms with Crippen molar-refractivity contribution in [3.05, 3.63) is 29.8 Å². The highest BCUT2D eigenvalue weighted by Crippen LogP contribution is 2.13. The minimum absolute atomic E-state index is 0.551. The van der Waals surface area contributed by atoms with Crippen LogP contribution < -0.4 is 5.32 Å². The topological polar surface area (TPSA) is 63.8 Å². The van der Waals surface area contributed by atoms with Gasteiger partial charge >= 0.3 is 0 Å². The van der Waals surface area contributed by atoms with Crippen molar-refractivity contribution in [3.8, 4) is 11.5 Å². The molecule has 2 aromatic heterocycles. The van der Waals surface area contributed by atoms with E-state index < -0.39 is 0 Å². The molecule has 0 radical (unpaired) electrons. The molecule has 2 heterocycles. The molecule has 0 unspecified atom stereocenters. The Kier molecular flexibility index (Phi) is 3.26. The summed E-state index contributed by atoms with van der Waals surface area (Å²) in [5.74, 6) is 1.18. The van der Waals surface area contributed by atoms with Crippen LogP contribution in [-0.4, -0.2) is 28.7 Å². The first-order valence-electron chi connectivity index (χ1n) is 5.21. The molecule has 0 amide bonds. The van der Waals surface area contributed by atoms with E-state index >= 15 is 0 Å². The van der Waals surface area contributed by atoms with Crippen molar-refractivity contribution in [2.45, 2.75) is 13.3 Å². The lowest BCUT2D eigenvalue weighted by molar-refractivity contribution is 0.377. The van der Waals surface area contributed by atoms with Gasteiger partial charge in [0.05, 0.1) is 0 Å². The second-order valence-electron chi connectivity index (χ2n) is 3.53. The van der Waals surface area contributed by atoms with Crippen LogP contribution >= 0.6 is 0 Å². The van der Waals surface area contributed by atoms with Crippen LogP contribution in [0.15, 0.2) is 22.7 Å². The minimum atomic E-state index is 0.551. The lowest BCUT2D eigenvalue weighted by Crippen LogP contribution is -2.10. The molecule has 0 fully saturated rings. The number of aryl methyl sites for hydroxylation is 1. The Morgan fingerprint density at radius 2 is 2.19 bits per heavy atom. The first kappa shape index (κ1) is 10.8. The molecular weight excluding hydrogens is 204 g/mol. The molecule has 0 atom stereocenters. The smallest absolute Gasteiger partial charge is 0.228 e. The van der Waals surface area contributed by atoms with Crippen molar-refractivity contribution in [2.24, 2.45) is 0 Å². The standard InChI is InChI=1S/C11H14N4O/c1-8-4-3-5-9(13-8)11-14-10(16-15-11)6-7-12-2/h3-5,12H,6-7H2,1-2H3. The fourth-order valence-electron chi connectivity index (χ4n) is 1.36. The molecule has 0 spiro atoms. The molecule has 0 aliphatic heterocycles. The molecule has 2 rings (SSSR count). The Morgan fingerprint density at radius 1 is 1.31 bits per heavy atom. The van der Waals surface area contributed by atoms with E-state index in [1.54, 1.807) is 0 Å². The highest BCUT2D eigenvalue weighted by molar-refractivity contribution is 5.47. The van der Waals surface area contributed by atoms with E-state index in [4.69, 9.17) is 4.52 Å². The Labute approximate surface area is 93.9 Å². The molecule has 0 saturated carbocycles. The van der Waals surface area contributed by atoms with Gasteiger partial charge in [0.2, 0.25) is 11.7 Å². The lowest BCUT2D eigenvalue weighted by atomic mass is 10.3. The molecule has 0 aliphatic rings. The van der Waals surface area contributed by atoms with Crippen molar-refractivity contribution in [1.82, 2.24) is 20.4 Å². The van der Waals surface area contributed by atoms with Gasteiger partial charge in [0.15, 0.2) is 0 Å². The third-order valence-corrected chi connectivity index (χ3v) is 2.17. The molecule has 2 aromatic rings. The number of nitrogens with zero attached hydrogens (tertiary/aromatic N) is 3. The first-order valence-corrected chi connectivity index (χ1v) is 5.21. The summed E-state index contributed by atoms with van der Waals surface area (Å²) in [5.41, 5.74) is 1.69. The fourth-order valence-corrected chi connectivity index (χ4v) is 1.36. The third kappa shape index (κ3) is 2.43. The highest BCUT2D eigenvalue weighted by atomic mass is 16.5. The first-order chi connectivity index (χ1) is 7.79. The monoisotopic (exact) mass is 218 g/mol. The van der Waals surface area contributed by atoms with Gasteiger partial charge in [0.25, 0.3) is 0 Å². The Hall–Kier alpha value is -1.75. The van der Waals surface area contributed by atoms with E-state index in [9.17, 15) is 0 Å². The number of rotatable bonds is 4. The van der Waals surface area contributed by atoms with Gasteiger partial charge in [-0.1, -0.05) is 11.2 Å². The summed E-state index contributed by atoms with van der Waals surface area (Å²) in [5, 5.41) is 6.93. The van der Waals surface area contributed by atoms with Crippen molar-refractivity contribution in [1.29, 1.82) is 0 Å². The predicted octanol–water partition coefficient (Wildman–Crippen LogP) is 1.20. The maximum Gasteiger partial charge on any atom is 0.228 e. The van der Waals surface area contributed by atoms with Gasteiger partial charge < -0.3 is 9.84 Å². The molecule has 5 heteroatoms. The zero-order chi connectivity index (χ0) is 11.4. The SMILES string of the molecule is CNCCc1nc(-c2cccc(C)n2)no1. The molecular formula is C11H14N4O. The maximum atomic E-state index is 5.12. The number of nitrogens with one attached hydrogen (secondary N) is 1. The Bertz CT molecular complexity index is 467. The molecule has 0 aliphatic carbocycles. The zero-order valence-electron chi connectivity index (χ0n) is 9.40. The lowest BCUT2D eigenvalue weighted by Gasteiger charge is -1.94. The Morgan fingerprint density at radius 3 is 2.94 bits per heavy atom. The van der Waals surface area contributed by atoms with Crippen molar-refractivity contribution in [3.63, 3.8) is 0 Å². The van der Waals surface area contributed by atoms with Gasteiger partial charge in [-0.05, 0) is 26.1 Å². The predicted molar refractivity (Wildman–Crippen MR) is 59.9 cm³/mol. The Balaban J connectivity index is 2.18. The third-order valence-electron chi connectivity index (χ3n) is 2.17. The van der Waals surface area contributed by atoms with Gasteiger partial charge in [0.1, 0.15) is 5.69 Å². The van der Waals surface area contributed by atoms with Crippen LogP contribution in [0, 0.1) is 6.92 Å². The molecule has 1 N–H and O–H groups in total. The van der Waals surface area contributed by atoms with Gasteiger partial charge in [-0.2, -0.15) is 4.98 Å². The number of likely N-dealkylation sites (N-methyl/N-ethyl adjacent to an activating group) is 1. The van der Waals surface area contributed by atoms with Gasteiger partial charge in [-0.15, -0.1) is 0 Å². The van der Waals surface area contributed by atoms with Crippen LogP contribution in [0.2, 0.25) is 0 Å². The highest BCUT2D eigenvalue weighted by Gasteiger charge is 2.08. The summed E-state index contributed by atoms with van der Waals surface area (Å²) in [4.78, 5) is 8.62. The van der Waals surface area contributed by atoms with Gasteiger partial charge in [-0.25, -0.2) is 4.98 Å². The molecule has 0 saturated heterocycles. The molecule has 16 heavy (non-hydrogen) atoms. The van der Waals surface area contributed by atoms with E-state index in [0.717, 1.165) is 24.4 Å². The normalized spacial score (nSPS) is 10.6. The van der Waals surface area contributed by atoms with Gasteiger partial charge in [0, 0.05) is 18.7 Å². The van der Waals surface area contributed by atoms with E-state index in [1.165, 1.54) is 0 Å². The number of aromatic nitrogens is 3.